The lowest BCUT2D eigenvalue weighted by atomic mass is 10.2. The summed E-state index contributed by atoms with van der Waals surface area (Å²) in [4.78, 5) is 12.4. The smallest absolute Gasteiger partial charge is 0.343 e. The minimum Gasteiger partial charge on any atom is -0.505 e. The van der Waals surface area contributed by atoms with Crippen LogP contribution in [0.4, 0.5) is 11.4 Å². The third-order valence-electron chi connectivity index (χ3n) is 5.10. The number of phenols is 1. The monoisotopic (exact) mass is 476 g/mol. The molecule has 7 heteroatoms. The maximum atomic E-state index is 12.4. The molecule has 184 valence electrons. The number of carbonyl (C=O) groups excluding carboxylic acids is 1. The van der Waals surface area contributed by atoms with Crippen LogP contribution in [0.15, 0.2) is 77.0 Å². The van der Waals surface area contributed by atoms with Gasteiger partial charge < -0.3 is 19.3 Å². The molecule has 0 unspecified atom stereocenters. The second-order valence-corrected chi connectivity index (χ2v) is 8.02. The highest BCUT2D eigenvalue weighted by Crippen LogP contribution is 2.32. The Kier molecular flexibility index (Phi) is 10.1. The number of azo groups is 1. The van der Waals surface area contributed by atoms with Crippen LogP contribution in [-0.2, 0) is 0 Å². The van der Waals surface area contributed by atoms with E-state index < -0.39 is 5.97 Å². The van der Waals surface area contributed by atoms with Crippen LogP contribution in [0.2, 0.25) is 0 Å². The first-order chi connectivity index (χ1) is 17.1. The van der Waals surface area contributed by atoms with E-state index in [4.69, 9.17) is 14.2 Å². The van der Waals surface area contributed by atoms with Gasteiger partial charge in [0.2, 0.25) is 0 Å². The zero-order chi connectivity index (χ0) is 24.9. The van der Waals surface area contributed by atoms with Crippen LogP contribution in [0.25, 0.3) is 0 Å². The van der Waals surface area contributed by atoms with Gasteiger partial charge in [0, 0.05) is 6.07 Å². The largest absolute Gasteiger partial charge is 0.505 e. The number of nitrogens with zero attached hydrogens (tertiary/aromatic N) is 2. The number of hydrogen-bond donors (Lipinski definition) is 1. The molecular formula is C28H32N2O5. The Morgan fingerprint density at radius 2 is 1.40 bits per heavy atom. The summed E-state index contributed by atoms with van der Waals surface area (Å²) in [7, 11) is 0. The van der Waals surface area contributed by atoms with Crippen molar-refractivity contribution in [2.45, 2.75) is 46.0 Å². The summed E-state index contributed by atoms with van der Waals surface area (Å²) in [6.45, 7) is 5.52. The third-order valence-corrected chi connectivity index (χ3v) is 5.10. The van der Waals surface area contributed by atoms with Crippen LogP contribution in [-0.4, -0.2) is 24.3 Å². The molecule has 0 heterocycles. The van der Waals surface area contributed by atoms with Crippen molar-refractivity contribution in [2.24, 2.45) is 10.2 Å². The van der Waals surface area contributed by atoms with E-state index in [1.165, 1.54) is 31.4 Å². The molecule has 3 aromatic carbocycles. The Morgan fingerprint density at radius 3 is 2.06 bits per heavy atom. The van der Waals surface area contributed by atoms with Gasteiger partial charge in [0.05, 0.1) is 24.5 Å². The van der Waals surface area contributed by atoms with E-state index in [0.29, 0.717) is 30.2 Å². The molecule has 0 saturated heterocycles. The van der Waals surface area contributed by atoms with Crippen molar-refractivity contribution in [3.8, 4) is 23.0 Å². The van der Waals surface area contributed by atoms with Crippen molar-refractivity contribution in [1.82, 2.24) is 0 Å². The lowest BCUT2D eigenvalue weighted by molar-refractivity contribution is 0.0734. The normalized spacial score (nSPS) is 10.9. The molecule has 0 radical (unpaired) electrons. The van der Waals surface area contributed by atoms with Crippen LogP contribution in [0.5, 0.6) is 23.0 Å². The number of rotatable bonds is 13. The summed E-state index contributed by atoms with van der Waals surface area (Å²) >= 11 is 0. The topological polar surface area (TPSA) is 89.7 Å². The van der Waals surface area contributed by atoms with E-state index in [2.05, 4.69) is 17.2 Å². The van der Waals surface area contributed by atoms with Crippen LogP contribution in [0.3, 0.4) is 0 Å². The van der Waals surface area contributed by atoms with Crippen molar-refractivity contribution in [3.05, 3.63) is 72.3 Å². The van der Waals surface area contributed by atoms with Gasteiger partial charge in [-0.3, -0.25) is 0 Å². The molecule has 0 aliphatic rings. The van der Waals surface area contributed by atoms with Gasteiger partial charge in [0.1, 0.15) is 28.7 Å². The highest BCUT2D eigenvalue weighted by Gasteiger charge is 2.11. The first-order valence-electron chi connectivity index (χ1n) is 12.0. The molecule has 0 atom stereocenters. The Hall–Kier alpha value is -3.87. The van der Waals surface area contributed by atoms with Gasteiger partial charge in [0.25, 0.3) is 0 Å². The molecule has 0 saturated carbocycles. The molecule has 0 aliphatic carbocycles. The average Bonchev–Trinajstić information content (AvgIpc) is 2.88. The zero-order valence-electron chi connectivity index (χ0n) is 20.3. The SMILES string of the molecule is CCCCCCOc1ccc(N=Nc2ccc(OC(=O)c3ccc(OCCC)cc3)cc2O)cc1. The van der Waals surface area contributed by atoms with Gasteiger partial charge in [0.15, 0.2) is 0 Å². The molecule has 0 spiro atoms. The molecule has 0 aromatic heterocycles. The molecule has 7 nitrogen and oxygen atoms in total. The summed E-state index contributed by atoms with van der Waals surface area (Å²) in [6, 6.07) is 18.4. The summed E-state index contributed by atoms with van der Waals surface area (Å²) < 4.78 is 16.6. The molecule has 3 rings (SSSR count). The van der Waals surface area contributed by atoms with Crippen LogP contribution >= 0.6 is 0 Å². The molecule has 0 fully saturated rings. The van der Waals surface area contributed by atoms with E-state index in [9.17, 15) is 9.90 Å². The Bertz CT molecular complexity index is 1100. The summed E-state index contributed by atoms with van der Waals surface area (Å²) in [5.41, 5.74) is 1.27. The molecule has 0 aliphatic heterocycles. The Balaban J connectivity index is 1.53. The minimum absolute atomic E-state index is 0.144. The maximum Gasteiger partial charge on any atom is 0.343 e. The van der Waals surface area contributed by atoms with Gasteiger partial charge in [-0.2, -0.15) is 5.11 Å². The summed E-state index contributed by atoms with van der Waals surface area (Å²) in [5.74, 6) is 1.01. The first-order valence-corrected chi connectivity index (χ1v) is 12.0. The van der Waals surface area contributed by atoms with Gasteiger partial charge >= 0.3 is 5.97 Å². The number of carbonyl (C=O) groups is 1. The van der Waals surface area contributed by atoms with Gasteiger partial charge in [-0.1, -0.05) is 33.1 Å². The number of esters is 1. The molecular weight excluding hydrogens is 444 g/mol. The van der Waals surface area contributed by atoms with E-state index in [0.717, 1.165) is 18.6 Å². The maximum absolute atomic E-state index is 12.4. The van der Waals surface area contributed by atoms with Crippen molar-refractivity contribution in [2.75, 3.05) is 13.2 Å². The van der Waals surface area contributed by atoms with Gasteiger partial charge in [-0.05, 0) is 73.5 Å². The van der Waals surface area contributed by atoms with Gasteiger partial charge in [-0.25, -0.2) is 4.79 Å². The van der Waals surface area contributed by atoms with Crippen LogP contribution < -0.4 is 14.2 Å². The predicted molar refractivity (Wildman–Crippen MR) is 136 cm³/mol. The summed E-state index contributed by atoms with van der Waals surface area (Å²) in [6.07, 6.45) is 5.55. The lowest BCUT2D eigenvalue weighted by Crippen LogP contribution is -2.08. The molecule has 0 amide bonds. The number of benzene rings is 3. The minimum atomic E-state index is -0.534. The van der Waals surface area contributed by atoms with Crippen molar-refractivity contribution < 1.29 is 24.1 Å². The van der Waals surface area contributed by atoms with Crippen molar-refractivity contribution in [3.63, 3.8) is 0 Å². The van der Waals surface area contributed by atoms with Crippen molar-refractivity contribution >= 4 is 17.3 Å². The van der Waals surface area contributed by atoms with Crippen molar-refractivity contribution in [1.29, 1.82) is 0 Å². The lowest BCUT2D eigenvalue weighted by Gasteiger charge is -2.07. The highest BCUT2D eigenvalue weighted by atomic mass is 16.5. The third kappa shape index (κ3) is 8.45. The average molecular weight is 477 g/mol. The second-order valence-electron chi connectivity index (χ2n) is 8.02. The fourth-order valence-electron chi connectivity index (χ4n) is 3.16. The van der Waals surface area contributed by atoms with Crippen LogP contribution in [0, 0.1) is 0 Å². The van der Waals surface area contributed by atoms with Gasteiger partial charge in [-0.15, -0.1) is 5.11 Å². The highest BCUT2D eigenvalue weighted by molar-refractivity contribution is 5.91. The van der Waals surface area contributed by atoms with E-state index in [-0.39, 0.29) is 17.2 Å². The van der Waals surface area contributed by atoms with E-state index in [1.54, 1.807) is 42.5 Å². The molecule has 35 heavy (non-hydrogen) atoms. The first kappa shape index (κ1) is 25.7. The summed E-state index contributed by atoms with van der Waals surface area (Å²) in [5, 5.41) is 18.5. The number of ether oxygens (including phenoxy) is 3. The predicted octanol–water partition coefficient (Wildman–Crippen LogP) is 7.77. The standard InChI is InChI=1S/C28H32N2O5/c1-3-5-6-7-19-34-24-14-10-22(11-15-24)29-30-26-17-16-25(20-27(26)31)35-28(32)21-8-12-23(13-9-21)33-18-4-2/h8-17,20,31H,3-7,18-19H2,1-2H3. The van der Waals surface area contributed by atoms with E-state index in [1.807, 2.05) is 19.1 Å². The second kappa shape index (κ2) is 13.7. The quantitative estimate of drug-likeness (QED) is 0.118. The number of hydrogen-bond acceptors (Lipinski definition) is 7. The number of aromatic hydroxyl groups is 1. The Morgan fingerprint density at radius 1 is 0.743 bits per heavy atom. The van der Waals surface area contributed by atoms with Crippen LogP contribution in [0.1, 0.15) is 56.3 Å². The number of phenolic OH excluding ortho intramolecular Hbond substituents is 1. The zero-order valence-corrected chi connectivity index (χ0v) is 20.3. The molecule has 0 bridgehead atoms. The van der Waals surface area contributed by atoms with E-state index >= 15 is 0 Å². The number of unbranched alkanes of at least 4 members (excludes halogenated alkanes) is 3. The fraction of sp³-hybridized carbons (Fsp3) is 0.321. The molecule has 1 N–H and O–H groups in total. The Labute approximate surface area is 206 Å². The fourth-order valence-corrected chi connectivity index (χ4v) is 3.16. The molecule has 3 aromatic rings.